The van der Waals surface area contributed by atoms with Gasteiger partial charge in [-0.25, -0.2) is 4.39 Å². The highest BCUT2D eigenvalue weighted by molar-refractivity contribution is 6.08. The van der Waals surface area contributed by atoms with Crippen molar-refractivity contribution in [3.05, 3.63) is 71.2 Å². The molecule has 2 atom stereocenters. The molecule has 0 bridgehead atoms. The molecule has 4 heteroatoms. The first-order valence-corrected chi connectivity index (χ1v) is 7.77. The lowest BCUT2D eigenvalue weighted by molar-refractivity contribution is 0.0951. The van der Waals surface area contributed by atoms with E-state index in [1.165, 1.54) is 6.07 Å². The largest absolute Gasteiger partial charge is 0.358 e. The lowest BCUT2D eigenvalue weighted by Gasteiger charge is -2.06. The Hall–Kier alpha value is -2.62. The number of halogens is 1. The molecule has 1 aromatic heterocycles. The van der Waals surface area contributed by atoms with E-state index in [1.807, 2.05) is 37.3 Å². The van der Waals surface area contributed by atoms with Gasteiger partial charge in [0.2, 0.25) is 0 Å². The minimum absolute atomic E-state index is 0.00691. The normalized spacial score (nSPS) is 19.7. The molecule has 23 heavy (non-hydrogen) atoms. The lowest BCUT2D eigenvalue weighted by atomic mass is 10.1. The van der Waals surface area contributed by atoms with Crippen LogP contribution >= 0.6 is 0 Å². The van der Waals surface area contributed by atoms with Gasteiger partial charge in [-0.3, -0.25) is 4.79 Å². The molecule has 2 N–H and O–H groups in total. The first kappa shape index (κ1) is 14.0. The minimum atomic E-state index is -0.197. The standard InChI is InChI=1S/C19H17FN2O/c1-11-18(13-7-3-5-9-16(13)21-11)19(23)22-17-10-14(17)12-6-2-4-8-15(12)20/h2-9,14,17,21H,10H2,1H3,(H,22,23)/t14-,17+/m1/s1. The average molecular weight is 308 g/mol. The van der Waals surface area contributed by atoms with Gasteiger partial charge in [-0.15, -0.1) is 0 Å². The molecule has 1 aliphatic carbocycles. The van der Waals surface area contributed by atoms with Crippen molar-refractivity contribution in [3.63, 3.8) is 0 Å². The first-order chi connectivity index (χ1) is 11.1. The molecular weight excluding hydrogens is 291 g/mol. The Morgan fingerprint density at radius 1 is 1.17 bits per heavy atom. The van der Waals surface area contributed by atoms with Gasteiger partial charge in [0.25, 0.3) is 5.91 Å². The molecule has 0 radical (unpaired) electrons. The molecule has 2 aromatic carbocycles. The number of hydrogen-bond donors (Lipinski definition) is 2. The molecule has 3 aromatic rings. The molecule has 1 saturated carbocycles. The van der Waals surface area contributed by atoms with Crippen molar-refractivity contribution in [2.24, 2.45) is 0 Å². The number of benzene rings is 2. The van der Waals surface area contributed by atoms with Gasteiger partial charge in [-0.1, -0.05) is 36.4 Å². The number of H-pyrrole nitrogens is 1. The third-order valence-corrected chi connectivity index (χ3v) is 4.53. The Morgan fingerprint density at radius 2 is 1.91 bits per heavy atom. The summed E-state index contributed by atoms with van der Waals surface area (Å²) in [6, 6.07) is 14.5. The smallest absolute Gasteiger partial charge is 0.253 e. The van der Waals surface area contributed by atoms with Crippen LogP contribution in [0, 0.1) is 12.7 Å². The Balaban J connectivity index is 1.55. The molecule has 3 nitrogen and oxygen atoms in total. The monoisotopic (exact) mass is 308 g/mol. The minimum Gasteiger partial charge on any atom is -0.358 e. The number of amides is 1. The predicted octanol–water partition coefficient (Wildman–Crippen LogP) is 3.90. The van der Waals surface area contributed by atoms with Crippen LogP contribution in [0.25, 0.3) is 10.9 Å². The Kier molecular flexibility index (Phi) is 3.18. The van der Waals surface area contributed by atoms with Crippen molar-refractivity contribution >= 4 is 16.8 Å². The van der Waals surface area contributed by atoms with Crippen LogP contribution in [0.1, 0.15) is 34.0 Å². The van der Waals surface area contributed by atoms with Crippen molar-refractivity contribution in [1.82, 2.24) is 10.3 Å². The van der Waals surface area contributed by atoms with E-state index in [2.05, 4.69) is 10.3 Å². The van der Waals surface area contributed by atoms with Crippen LogP contribution in [0.4, 0.5) is 4.39 Å². The molecular formula is C19H17FN2O. The molecule has 4 rings (SSSR count). The number of fused-ring (bicyclic) bond motifs is 1. The summed E-state index contributed by atoms with van der Waals surface area (Å²) in [4.78, 5) is 15.9. The molecule has 0 spiro atoms. The number of aromatic amines is 1. The van der Waals surface area contributed by atoms with Crippen molar-refractivity contribution < 1.29 is 9.18 Å². The molecule has 0 saturated heterocycles. The Morgan fingerprint density at radius 3 is 2.74 bits per heavy atom. The number of aryl methyl sites for hydroxylation is 1. The maximum atomic E-state index is 13.8. The summed E-state index contributed by atoms with van der Waals surface area (Å²) in [5.41, 5.74) is 3.18. The van der Waals surface area contributed by atoms with E-state index < -0.39 is 0 Å². The second kappa shape index (κ2) is 5.23. The molecule has 116 valence electrons. The summed E-state index contributed by atoms with van der Waals surface area (Å²) in [5.74, 6) is -0.216. The second-order valence-corrected chi connectivity index (χ2v) is 6.11. The fraction of sp³-hybridized carbons (Fsp3) is 0.211. The second-order valence-electron chi connectivity index (χ2n) is 6.11. The first-order valence-electron chi connectivity index (χ1n) is 7.77. The van der Waals surface area contributed by atoms with E-state index in [1.54, 1.807) is 12.1 Å². The number of para-hydroxylation sites is 1. The molecule has 1 amide bonds. The summed E-state index contributed by atoms with van der Waals surface area (Å²) in [6.45, 7) is 1.90. The molecule has 1 heterocycles. The fourth-order valence-corrected chi connectivity index (χ4v) is 3.28. The van der Waals surface area contributed by atoms with Crippen LogP contribution in [0.3, 0.4) is 0 Å². The number of rotatable bonds is 3. The zero-order chi connectivity index (χ0) is 16.0. The van der Waals surface area contributed by atoms with Crippen molar-refractivity contribution in [3.8, 4) is 0 Å². The topological polar surface area (TPSA) is 44.9 Å². The highest BCUT2D eigenvalue weighted by atomic mass is 19.1. The average Bonchev–Trinajstić information content (AvgIpc) is 3.19. The molecule has 1 fully saturated rings. The zero-order valence-corrected chi connectivity index (χ0v) is 12.8. The molecule has 0 unspecified atom stereocenters. The number of aromatic nitrogens is 1. The van der Waals surface area contributed by atoms with Gasteiger partial charge in [0.15, 0.2) is 0 Å². The zero-order valence-electron chi connectivity index (χ0n) is 12.8. The number of nitrogens with one attached hydrogen (secondary N) is 2. The van der Waals surface area contributed by atoms with E-state index in [0.717, 1.165) is 23.0 Å². The van der Waals surface area contributed by atoms with Crippen molar-refractivity contribution in [1.29, 1.82) is 0 Å². The number of carbonyl (C=O) groups excluding carboxylic acids is 1. The Bertz CT molecular complexity index is 899. The third kappa shape index (κ3) is 2.40. The van der Waals surface area contributed by atoms with Gasteiger partial charge in [0, 0.05) is 28.6 Å². The van der Waals surface area contributed by atoms with Crippen LogP contribution in [0.2, 0.25) is 0 Å². The van der Waals surface area contributed by atoms with Gasteiger partial charge >= 0.3 is 0 Å². The SMILES string of the molecule is Cc1[nH]c2ccccc2c1C(=O)N[C@H]1C[C@@H]1c1ccccc1F. The van der Waals surface area contributed by atoms with E-state index in [-0.39, 0.29) is 23.7 Å². The quantitative estimate of drug-likeness (QED) is 0.757. The highest BCUT2D eigenvalue weighted by Crippen LogP contribution is 2.42. The molecule has 1 aliphatic rings. The van der Waals surface area contributed by atoms with Crippen molar-refractivity contribution in [2.75, 3.05) is 0 Å². The lowest BCUT2D eigenvalue weighted by Crippen LogP contribution is -2.27. The maximum Gasteiger partial charge on any atom is 0.253 e. The van der Waals surface area contributed by atoms with Crippen LogP contribution in [0.15, 0.2) is 48.5 Å². The van der Waals surface area contributed by atoms with Gasteiger partial charge in [-0.05, 0) is 31.0 Å². The summed E-state index contributed by atoms with van der Waals surface area (Å²) in [5, 5.41) is 3.96. The van der Waals surface area contributed by atoms with E-state index in [9.17, 15) is 9.18 Å². The highest BCUT2D eigenvalue weighted by Gasteiger charge is 2.41. The van der Waals surface area contributed by atoms with E-state index in [4.69, 9.17) is 0 Å². The van der Waals surface area contributed by atoms with E-state index >= 15 is 0 Å². The van der Waals surface area contributed by atoms with Crippen LogP contribution in [-0.2, 0) is 0 Å². The maximum absolute atomic E-state index is 13.8. The van der Waals surface area contributed by atoms with Gasteiger partial charge in [0.05, 0.1) is 5.56 Å². The fourth-order valence-electron chi connectivity index (χ4n) is 3.28. The van der Waals surface area contributed by atoms with Gasteiger partial charge in [-0.2, -0.15) is 0 Å². The van der Waals surface area contributed by atoms with Gasteiger partial charge in [0.1, 0.15) is 5.82 Å². The summed E-state index contributed by atoms with van der Waals surface area (Å²) in [6.07, 6.45) is 0.786. The van der Waals surface area contributed by atoms with Crippen LogP contribution in [0.5, 0.6) is 0 Å². The van der Waals surface area contributed by atoms with Crippen LogP contribution in [-0.4, -0.2) is 16.9 Å². The van der Waals surface area contributed by atoms with Crippen molar-refractivity contribution in [2.45, 2.75) is 25.3 Å². The summed E-state index contributed by atoms with van der Waals surface area (Å²) < 4.78 is 13.8. The van der Waals surface area contributed by atoms with Crippen LogP contribution < -0.4 is 5.32 Å². The summed E-state index contributed by atoms with van der Waals surface area (Å²) >= 11 is 0. The predicted molar refractivity (Wildman–Crippen MR) is 88.0 cm³/mol. The summed E-state index contributed by atoms with van der Waals surface area (Å²) in [7, 11) is 0. The van der Waals surface area contributed by atoms with E-state index in [0.29, 0.717) is 11.1 Å². The molecule has 0 aliphatic heterocycles. The number of carbonyl (C=O) groups is 1. The third-order valence-electron chi connectivity index (χ3n) is 4.53. The Labute approximate surface area is 133 Å². The van der Waals surface area contributed by atoms with Gasteiger partial charge < -0.3 is 10.3 Å². The number of hydrogen-bond acceptors (Lipinski definition) is 1.